The van der Waals surface area contributed by atoms with Crippen molar-refractivity contribution in [2.75, 3.05) is 7.11 Å². The topological polar surface area (TPSA) is 29.5 Å². The molecule has 0 amide bonds. The highest BCUT2D eigenvalue weighted by Crippen LogP contribution is 2.09. The van der Waals surface area contributed by atoms with Crippen LogP contribution in [0.25, 0.3) is 0 Å². The Morgan fingerprint density at radius 2 is 1.78 bits per heavy atom. The van der Waals surface area contributed by atoms with Gasteiger partial charge in [-0.25, -0.2) is 0 Å². The number of allylic oxidation sites excluding steroid dienone is 1. The fourth-order valence-corrected chi connectivity index (χ4v) is 0.697. The van der Waals surface area contributed by atoms with Crippen LogP contribution in [-0.4, -0.2) is 12.2 Å². The molecule has 0 aromatic carbocycles. The number of aliphatic hydroxyl groups is 1. The molecule has 1 N–H and O–H groups in total. The van der Waals surface area contributed by atoms with Crippen molar-refractivity contribution in [1.82, 2.24) is 0 Å². The molecule has 0 aliphatic rings. The highest BCUT2D eigenvalue weighted by molar-refractivity contribution is 5.00. The lowest BCUT2D eigenvalue weighted by atomic mass is 10.2. The van der Waals surface area contributed by atoms with Crippen molar-refractivity contribution in [3.8, 4) is 0 Å². The number of aliphatic hydroxyl groups excluding tert-OH is 1. The van der Waals surface area contributed by atoms with E-state index in [1.165, 1.54) is 7.11 Å². The van der Waals surface area contributed by atoms with Crippen LogP contribution in [0, 0.1) is 0 Å². The van der Waals surface area contributed by atoms with Crippen LogP contribution in [-0.2, 0) is 4.74 Å². The van der Waals surface area contributed by atoms with E-state index in [0.29, 0.717) is 0 Å². The SMILES string of the molecule is CCC(CC)=C(O)OC. The second kappa shape index (κ2) is 4.24. The molecular formula is C7H14O2. The van der Waals surface area contributed by atoms with Gasteiger partial charge in [-0.1, -0.05) is 13.8 Å². The predicted molar refractivity (Wildman–Crippen MR) is 37.2 cm³/mol. The highest BCUT2D eigenvalue weighted by Gasteiger charge is 1.98. The van der Waals surface area contributed by atoms with Crippen LogP contribution < -0.4 is 0 Å². The standard InChI is InChI=1S/C7H14O2/c1-4-6(5-2)7(8)9-3/h8H,4-5H2,1-3H3. The molecule has 0 bridgehead atoms. The number of rotatable bonds is 3. The van der Waals surface area contributed by atoms with Crippen LogP contribution in [0.2, 0.25) is 0 Å². The lowest BCUT2D eigenvalue weighted by molar-refractivity contribution is 0.129. The smallest absolute Gasteiger partial charge is 0.275 e. The molecule has 0 aromatic rings. The Hall–Kier alpha value is -0.660. The minimum absolute atomic E-state index is 0.0833. The third-order valence-corrected chi connectivity index (χ3v) is 1.35. The minimum Gasteiger partial charge on any atom is -0.481 e. The van der Waals surface area contributed by atoms with Crippen LogP contribution in [0.5, 0.6) is 0 Å². The van der Waals surface area contributed by atoms with Crippen molar-refractivity contribution >= 4 is 0 Å². The maximum atomic E-state index is 8.98. The molecule has 0 rings (SSSR count). The van der Waals surface area contributed by atoms with Crippen LogP contribution >= 0.6 is 0 Å². The Bertz CT molecular complexity index is 99.5. The fraction of sp³-hybridized carbons (Fsp3) is 0.714. The van der Waals surface area contributed by atoms with Gasteiger partial charge in [-0.15, -0.1) is 0 Å². The summed E-state index contributed by atoms with van der Waals surface area (Å²) in [5.74, 6) is 0.0833. The van der Waals surface area contributed by atoms with Crippen molar-refractivity contribution in [3.63, 3.8) is 0 Å². The average molecular weight is 130 g/mol. The van der Waals surface area contributed by atoms with Crippen molar-refractivity contribution in [3.05, 3.63) is 11.5 Å². The third-order valence-electron chi connectivity index (χ3n) is 1.35. The second-order valence-corrected chi connectivity index (χ2v) is 1.82. The van der Waals surface area contributed by atoms with E-state index in [9.17, 15) is 0 Å². The van der Waals surface area contributed by atoms with E-state index in [1.54, 1.807) is 0 Å². The molecule has 0 saturated carbocycles. The molecule has 0 aliphatic heterocycles. The first kappa shape index (κ1) is 8.34. The Kier molecular flexibility index (Phi) is 3.93. The molecule has 0 spiro atoms. The predicted octanol–water partition coefficient (Wildman–Crippen LogP) is 2.22. The van der Waals surface area contributed by atoms with Crippen LogP contribution in [0.4, 0.5) is 0 Å². The van der Waals surface area contributed by atoms with Gasteiger partial charge >= 0.3 is 0 Å². The molecule has 0 saturated heterocycles. The zero-order valence-corrected chi connectivity index (χ0v) is 6.27. The summed E-state index contributed by atoms with van der Waals surface area (Å²) in [4.78, 5) is 0. The van der Waals surface area contributed by atoms with Crippen LogP contribution in [0.1, 0.15) is 26.7 Å². The van der Waals surface area contributed by atoms with Gasteiger partial charge < -0.3 is 9.84 Å². The summed E-state index contributed by atoms with van der Waals surface area (Å²) in [6.07, 6.45) is 1.71. The number of ether oxygens (including phenoxy) is 1. The molecule has 0 atom stereocenters. The molecule has 9 heavy (non-hydrogen) atoms. The molecule has 2 nitrogen and oxygen atoms in total. The van der Waals surface area contributed by atoms with Gasteiger partial charge in [0.1, 0.15) is 0 Å². The molecule has 0 heterocycles. The molecule has 0 radical (unpaired) electrons. The van der Waals surface area contributed by atoms with Gasteiger partial charge in [0.15, 0.2) is 0 Å². The molecule has 54 valence electrons. The Morgan fingerprint density at radius 1 is 1.33 bits per heavy atom. The quantitative estimate of drug-likeness (QED) is 0.593. The summed E-state index contributed by atoms with van der Waals surface area (Å²) in [5.41, 5.74) is 0.970. The van der Waals surface area contributed by atoms with E-state index in [2.05, 4.69) is 4.74 Å². The van der Waals surface area contributed by atoms with Crippen molar-refractivity contribution < 1.29 is 9.84 Å². The third kappa shape index (κ3) is 2.40. The van der Waals surface area contributed by atoms with Gasteiger partial charge in [0.2, 0.25) is 0 Å². The summed E-state index contributed by atoms with van der Waals surface area (Å²) >= 11 is 0. The number of hydrogen-bond donors (Lipinski definition) is 1. The van der Waals surface area contributed by atoms with Gasteiger partial charge in [-0.3, -0.25) is 0 Å². The molecule has 2 heteroatoms. The minimum atomic E-state index is 0.0833. The van der Waals surface area contributed by atoms with E-state index in [1.807, 2.05) is 13.8 Å². The maximum Gasteiger partial charge on any atom is 0.275 e. The Balaban J connectivity index is 4.01. The lowest BCUT2D eigenvalue weighted by Crippen LogP contribution is -1.90. The summed E-state index contributed by atoms with van der Waals surface area (Å²) in [5, 5.41) is 8.98. The number of methoxy groups -OCH3 is 1. The van der Waals surface area contributed by atoms with Crippen LogP contribution in [0.15, 0.2) is 11.5 Å². The van der Waals surface area contributed by atoms with Crippen molar-refractivity contribution in [1.29, 1.82) is 0 Å². The van der Waals surface area contributed by atoms with Crippen LogP contribution in [0.3, 0.4) is 0 Å². The summed E-state index contributed by atoms with van der Waals surface area (Å²) in [6, 6.07) is 0. The second-order valence-electron chi connectivity index (χ2n) is 1.82. The average Bonchev–Trinajstić information content (AvgIpc) is 1.90. The molecule has 0 unspecified atom stereocenters. The van der Waals surface area contributed by atoms with Crippen molar-refractivity contribution in [2.24, 2.45) is 0 Å². The van der Waals surface area contributed by atoms with E-state index in [0.717, 1.165) is 18.4 Å². The zero-order valence-electron chi connectivity index (χ0n) is 6.27. The van der Waals surface area contributed by atoms with Gasteiger partial charge in [-0.05, 0) is 12.8 Å². The summed E-state index contributed by atoms with van der Waals surface area (Å²) < 4.78 is 4.63. The fourth-order valence-electron chi connectivity index (χ4n) is 0.697. The molecule has 0 aliphatic carbocycles. The van der Waals surface area contributed by atoms with E-state index < -0.39 is 0 Å². The number of hydrogen-bond acceptors (Lipinski definition) is 2. The monoisotopic (exact) mass is 130 g/mol. The van der Waals surface area contributed by atoms with Gasteiger partial charge in [-0.2, -0.15) is 0 Å². The molecule has 0 fully saturated rings. The summed E-state index contributed by atoms with van der Waals surface area (Å²) in [6.45, 7) is 3.99. The lowest BCUT2D eigenvalue weighted by Gasteiger charge is -2.02. The van der Waals surface area contributed by atoms with Crippen molar-refractivity contribution in [2.45, 2.75) is 26.7 Å². The molecular weight excluding hydrogens is 116 g/mol. The largest absolute Gasteiger partial charge is 0.481 e. The first-order valence-corrected chi connectivity index (χ1v) is 3.21. The van der Waals surface area contributed by atoms with Gasteiger partial charge in [0.25, 0.3) is 5.95 Å². The Labute approximate surface area is 56.1 Å². The maximum absolute atomic E-state index is 8.98. The van der Waals surface area contributed by atoms with E-state index in [-0.39, 0.29) is 5.95 Å². The summed E-state index contributed by atoms with van der Waals surface area (Å²) in [7, 11) is 1.47. The Morgan fingerprint density at radius 3 is 1.89 bits per heavy atom. The molecule has 0 aromatic heterocycles. The first-order chi connectivity index (χ1) is 4.26. The van der Waals surface area contributed by atoms with E-state index >= 15 is 0 Å². The zero-order chi connectivity index (χ0) is 7.28. The normalized spacial score (nSPS) is 8.78. The van der Waals surface area contributed by atoms with E-state index in [4.69, 9.17) is 5.11 Å². The highest BCUT2D eigenvalue weighted by atomic mass is 16.6. The van der Waals surface area contributed by atoms with Gasteiger partial charge in [0, 0.05) is 5.57 Å². The van der Waals surface area contributed by atoms with Gasteiger partial charge in [0.05, 0.1) is 7.11 Å². The first-order valence-electron chi connectivity index (χ1n) is 3.21.